The van der Waals surface area contributed by atoms with Crippen LogP contribution >= 0.6 is 0 Å². The van der Waals surface area contributed by atoms with Crippen LogP contribution in [-0.2, 0) is 0 Å². The standard InChI is InChI=1S/C14H20N2O2/c15-13-6-4-10(5-7-13)14(18)16-8-11-2-1-3-12(11)9-17/h4-7,11-12,17H,1-3,8-9,15H2,(H,16,18). The summed E-state index contributed by atoms with van der Waals surface area (Å²) in [5.74, 6) is 0.683. The predicted octanol–water partition coefficient (Wildman–Crippen LogP) is 1.41. The van der Waals surface area contributed by atoms with Crippen molar-refractivity contribution in [2.75, 3.05) is 18.9 Å². The predicted molar refractivity (Wildman–Crippen MR) is 71.1 cm³/mol. The third kappa shape index (κ3) is 3.01. The summed E-state index contributed by atoms with van der Waals surface area (Å²) in [4.78, 5) is 11.9. The number of carbonyl (C=O) groups is 1. The van der Waals surface area contributed by atoms with Crippen LogP contribution in [0.5, 0.6) is 0 Å². The van der Waals surface area contributed by atoms with E-state index in [4.69, 9.17) is 5.73 Å². The quantitative estimate of drug-likeness (QED) is 0.705. The van der Waals surface area contributed by atoms with Gasteiger partial charge in [0.15, 0.2) is 0 Å². The first-order valence-electron chi connectivity index (χ1n) is 6.45. The number of nitrogens with one attached hydrogen (secondary N) is 1. The first-order valence-corrected chi connectivity index (χ1v) is 6.45. The third-order valence-electron chi connectivity index (χ3n) is 3.75. The number of rotatable bonds is 4. The minimum Gasteiger partial charge on any atom is -0.399 e. The molecule has 1 aromatic rings. The van der Waals surface area contributed by atoms with Crippen molar-refractivity contribution in [3.05, 3.63) is 29.8 Å². The van der Waals surface area contributed by atoms with E-state index in [1.54, 1.807) is 24.3 Å². The fraction of sp³-hybridized carbons (Fsp3) is 0.500. The summed E-state index contributed by atoms with van der Waals surface area (Å²) in [6, 6.07) is 6.90. The number of nitrogens with two attached hydrogens (primary N) is 1. The Morgan fingerprint density at radius 3 is 2.61 bits per heavy atom. The molecule has 1 aromatic carbocycles. The lowest BCUT2D eigenvalue weighted by molar-refractivity contribution is 0.0938. The van der Waals surface area contributed by atoms with Crippen molar-refractivity contribution in [2.24, 2.45) is 11.8 Å². The van der Waals surface area contributed by atoms with Gasteiger partial charge in [-0.2, -0.15) is 0 Å². The number of hydrogen-bond acceptors (Lipinski definition) is 3. The van der Waals surface area contributed by atoms with E-state index in [-0.39, 0.29) is 12.5 Å². The Bertz CT molecular complexity index is 403. The van der Waals surface area contributed by atoms with Crippen LogP contribution in [-0.4, -0.2) is 24.2 Å². The fourth-order valence-electron chi connectivity index (χ4n) is 2.58. The monoisotopic (exact) mass is 248 g/mol. The molecule has 0 aliphatic heterocycles. The Hall–Kier alpha value is -1.55. The zero-order valence-electron chi connectivity index (χ0n) is 10.4. The molecular formula is C14H20N2O2. The van der Waals surface area contributed by atoms with Crippen molar-refractivity contribution in [1.82, 2.24) is 5.32 Å². The lowest BCUT2D eigenvalue weighted by Crippen LogP contribution is -2.31. The van der Waals surface area contributed by atoms with E-state index in [1.807, 2.05) is 0 Å². The molecule has 98 valence electrons. The molecule has 4 N–H and O–H groups in total. The number of carbonyl (C=O) groups excluding carboxylic acids is 1. The van der Waals surface area contributed by atoms with Crippen molar-refractivity contribution in [1.29, 1.82) is 0 Å². The maximum Gasteiger partial charge on any atom is 0.251 e. The van der Waals surface area contributed by atoms with Gasteiger partial charge in [0.1, 0.15) is 0 Å². The van der Waals surface area contributed by atoms with Crippen LogP contribution in [0.3, 0.4) is 0 Å². The number of aliphatic hydroxyl groups is 1. The minimum absolute atomic E-state index is 0.0708. The summed E-state index contributed by atoms with van der Waals surface area (Å²) in [6.45, 7) is 0.872. The molecule has 2 rings (SSSR count). The highest BCUT2D eigenvalue weighted by atomic mass is 16.3. The Morgan fingerprint density at radius 1 is 1.28 bits per heavy atom. The average Bonchev–Trinajstić information content (AvgIpc) is 2.84. The van der Waals surface area contributed by atoms with Gasteiger partial charge in [-0.3, -0.25) is 4.79 Å². The molecule has 0 aromatic heterocycles. The number of aliphatic hydroxyl groups excluding tert-OH is 1. The summed E-state index contributed by atoms with van der Waals surface area (Å²) >= 11 is 0. The Morgan fingerprint density at radius 2 is 1.94 bits per heavy atom. The molecule has 2 atom stereocenters. The van der Waals surface area contributed by atoms with Crippen LogP contribution in [0.25, 0.3) is 0 Å². The molecule has 0 radical (unpaired) electrons. The molecule has 1 aliphatic rings. The lowest BCUT2D eigenvalue weighted by atomic mass is 9.97. The summed E-state index contributed by atoms with van der Waals surface area (Å²) in [5.41, 5.74) is 6.86. The number of nitrogen functional groups attached to an aromatic ring is 1. The van der Waals surface area contributed by atoms with Crippen molar-refractivity contribution in [2.45, 2.75) is 19.3 Å². The second-order valence-corrected chi connectivity index (χ2v) is 4.97. The highest BCUT2D eigenvalue weighted by Crippen LogP contribution is 2.30. The van der Waals surface area contributed by atoms with Crippen molar-refractivity contribution < 1.29 is 9.90 Å². The van der Waals surface area contributed by atoms with Gasteiger partial charge in [-0.05, 0) is 48.9 Å². The van der Waals surface area contributed by atoms with Crippen LogP contribution in [0, 0.1) is 11.8 Å². The Kier molecular flexibility index (Phi) is 4.20. The molecule has 0 saturated heterocycles. The molecule has 18 heavy (non-hydrogen) atoms. The molecule has 1 amide bonds. The zero-order chi connectivity index (χ0) is 13.0. The van der Waals surface area contributed by atoms with Gasteiger partial charge >= 0.3 is 0 Å². The second kappa shape index (κ2) is 5.87. The van der Waals surface area contributed by atoms with Crippen molar-refractivity contribution in [3.63, 3.8) is 0 Å². The van der Waals surface area contributed by atoms with Crippen LogP contribution < -0.4 is 11.1 Å². The molecule has 0 heterocycles. The van der Waals surface area contributed by atoms with Gasteiger partial charge in [0.25, 0.3) is 5.91 Å². The van der Waals surface area contributed by atoms with Crippen molar-refractivity contribution in [3.8, 4) is 0 Å². The molecule has 4 heteroatoms. The lowest BCUT2D eigenvalue weighted by Gasteiger charge is -2.17. The van der Waals surface area contributed by atoms with Crippen LogP contribution in [0.15, 0.2) is 24.3 Å². The van der Waals surface area contributed by atoms with Gasteiger partial charge < -0.3 is 16.2 Å². The van der Waals surface area contributed by atoms with Gasteiger partial charge in [0.2, 0.25) is 0 Å². The highest BCUT2D eigenvalue weighted by Gasteiger charge is 2.26. The van der Waals surface area contributed by atoms with E-state index in [0.29, 0.717) is 29.6 Å². The van der Waals surface area contributed by atoms with Gasteiger partial charge in [-0.1, -0.05) is 6.42 Å². The van der Waals surface area contributed by atoms with E-state index in [1.165, 1.54) is 0 Å². The summed E-state index contributed by atoms with van der Waals surface area (Å²) in [5, 5.41) is 12.2. The maximum absolute atomic E-state index is 11.9. The smallest absolute Gasteiger partial charge is 0.251 e. The molecule has 1 fully saturated rings. The van der Waals surface area contributed by atoms with Crippen LogP contribution in [0.4, 0.5) is 5.69 Å². The molecule has 4 nitrogen and oxygen atoms in total. The molecule has 2 unspecified atom stereocenters. The van der Waals surface area contributed by atoms with E-state index in [0.717, 1.165) is 19.3 Å². The zero-order valence-corrected chi connectivity index (χ0v) is 10.4. The number of anilines is 1. The summed E-state index contributed by atoms with van der Waals surface area (Å²) in [7, 11) is 0. The minimum atomic E-state index is -0.0708. The summed E-state index contributed by atoms with van der Waals surface area (Å²) in [6.07, 6.45) is 3.31. The van der Waals surface area contributed by atoms with Gasteiger partial charge in [-0.15, -0.1) is 0 Å². The first kappa shape index (κ1) is 12.9. The van der Waals surface area contributed by atoms with Gasteiger partial charge in [0, 0.05) is 24.4 Å². The fourth-order valence-corrected chi connectivity index (χ4v) is 2.58. The third-order valence-corrected chi connectivity index (χ3v) is 3.75. The van der Waals surface area contributed by atoms with Gasteiger partial charge in [0.05, 0.1) is 0 Å². The number of amides is 1. The molecule has 0 spiro atoms. The molecule has 0 bridgehead atoms. The molecule has 1 saturated carbocycles. The maximum atomic E-state index is 11.9. The molecule has 1 aliphatic carbocycles. The normalized spacial score (nSPS) is 22.9. The first-order chi connectivity index (χ1) is 8.70. The van der Waals surface area contributed by atoms with E-state index >= 15 is 0 Å². The van der Waals surface area contributed by atoms with Crippen LogP contribution in [0.1, 0.15) is 29.6 Å². The number of benzene rings is 1. The Labute approximate surface area is 107 Å². The van der Waals surface area contributed by atoms with Crippen LogP contribution in [0.2, 0.25) is 0 Å². The SMILES string of the molecule is Nc1ccc(C(=O)NCC2CCCC2CO)cc1. The summed E-state index contributed by atoms with van der Waals surface area (Å²) < 4.78 is 0. The average molecular weight is 248 g/mol. The topological polar surface area (TPSA) is 75.4 Å². The van der Waals surface area contributed by atoms with Gasteiger partial charge in [-0.25, -0.2) is 0 Å². The van der Waals surface area contributed by atoms with E-state index in [2.05, 4.69) is 5.32 Å². The largest absolute Gasteiger partial charge is 0.399 e. The second-order valence-electron chi connectivity index (χ2n) is 4.97. The Balaban J connectivity index is 1.86. The number of hydrogen-bond donors (Lipinski definition) is 3. The molecular weight excluding hydrogens is 228 g/mol. The van der Waals surface area contributed by atoms with Crippen molar-refractivity contribution >= 4 is 11.6 Å². The van der Waals surface area contributed by atoms with E-state index in [9.17, 15) is 9.90 Å². The van der Waals surface area contributed by atoms with E-state index < -0.39 is 0 Å². The highest BCUT2D eigenvalue weighted by molar-refractivity contribution is 5.94.